The van der Waals surface area contributed by atoms with Crippen molar-refractivity contribution in [2.45, 2.75) is 51.7 Å². The van der Waals surface area contributed by atoms with Crippen molar-refractivity contribution >= 4 is 18.0 Å². The second kappa shape index (κ2) is 10.4. The summed E-state index contributed by atoms with van der Waals surface area (Å²) >= 11 is 0. The Bertz CT molecular complexity index is 839. The van der Waals surface area contributed by atoms with Crippen LogP contribution in [0.3, 0.4) is 0 Å². The minimum Gasteiger partial charge on any atom is -0.489 e. The molecule has 2 aromatic rings. The summed E-state index contributed by atoms with van der Waals surface area (Å²) in [7, 11) is 0. The van der Waals surface area contributed by atoms with Gasteiger partial charge in [-0.15, -0.1) is 0 Å². The Morgan fingerprint density at radius 1 is 1.00 bits per heavy atom. The zero-order valence-electron chi connectivity index (χ0n) is 16.7. The molecule has 2 aromatic carbocycles. The molecular weight excluding hydrogens is 366 g/mol. The number of nitrogens with zero attached hydrogens (tertiary/aromatic N) is 1. The first-order valence-electron chi connectivity index (χ1n) is 10.0. The van der Waals surface area contributed by atoms with Gasteiger partial charge in [-0.05, 0) is 55.2 Å². The van der Waals surface area contributed by atoms with Gasteiger partial charge in [-0.25, -0.2) is 5.43 Å². The molecule has 29 heavy (non-hydrogen) atoms. The smallest absolute Gasteiger partial charge is 0.329 e. The van der Waals surface area contributed by atoms with Gasteiger partial charge in [-0.1, -0.05) is 49.1 Å². The minimum atomic E-state index is -0.745. The summed E-state index contributed by atoms with van der Waals surface area (Å²) in [5, 5.41) is 6.62. The fourth-order valence-corrected chi connectivity index (χ4v) is 3.22. The molecule has 0 unspecified atom stereocenters. The highest BCUT2D eigenvalue weighted by Gasteiger charge is 2.19. The first-order valence-corrected chi connectivity index (χ1v) is 10.0. The molecule has 0 aromatic heterocycles. The predicted octanol–water partition coefficient (Wildman–Crippen LogP) is 3.47. The van der Waals surface area contributed by atoms with Crippen molar-refractivity contribution in [3.63, 3.8) is 0 Å². The second-order valence-electron chi connectivity index (χ2n) is 7.35. The van der Waals surface area contributed by atoms with Crippen LogP contribution in [0, 0.1) is 6.92 Å². The number of carbonyl (C=O) groups excluding carboxylic acids is 2. The lowest BCUT2D eigenvalue weighted by molar-refractivity contribution is -0.139. The quantitative estimate of drug-likeness (QED) is 0.448. The summed E-state index contributed by atoms with van der Waals surface area (Å²) < 4.78 is 5.77. The maximum absolute atomic E-state index is 11.9. The van der Waals surface area contributed by atoms with E-state index in [-0.39, 0.29) is 6.04 Å². The molecule has 6 nitrogen and oxygen atoms in total. The molecule has 0 spiro atoms. The van der Waals surface area contributed by atoms with Crippen molar-refractivity contribution in [2.75, 3.05) is 0 Å². The summed E-state index contributed by atoms with van der Waals surface area (Å²) in [6.45, 7) is 2.55. The number of aryl methyl sites for hydroxylation is 1. The summed E-state index contributed by atoms with van der Waals surface area (Å²) in [4.78, 5) is 23.7. The molecule has 2 amide bonds. The molecule has 0 bridgehead atoms. The zero-order chi connectivity index (χ0) is 20.5. The van der Waals surface area contributed by atoms with Crippen LogP contribution in [0.5, 0.6) is 5.75 Å². The van der Waals surface area contributed by atoms with Gasteiger partial charge in [0.05, 0.1) is 6.21 Å². The van der Waals surface area contributed by atoms with Crippen LogP contribution in [0.25, 0.3) is 0 Å². The van der Waals surface area contributed by atoms with Crippen LogP contribution in [-0.2, 0) is 16.2 Å². The van der Waals surface area contributed by atoms with E-state index in [0.29, 0.717) is 6.61 Å². The number of carbonyl (C=O) groups is 2. The van der Waals surface area contributed by atoms with Crippen LogP contribution in [0.1, 0.15) is 48.8 Å². The normalized spacial score (nSPS) is 14.5. The monoisotopic (exact) mass is 393 g/mol. The van der Waals surface area contributed by atoms with Crippen molar-refractivity contribution in [1.29, 1.82) is 0 Å². The van der Waals surface area contributed by atoms with E-state index < -0.39 is 11.8 Å². The number of hydrogen-bond donors (Lipinski definition) is 2. The zero-order valence-corrected chi connectivity index (χ0v) is 16.7. The van der Waals surface area contributed by atoms with E-state index in [4.69, 9.17) is 4.74 Å². The Kier molecular flexibility index (Phi) is 7.39. The summed E-state index contributed by atoms with van der Waals surface area (Å²) in [5.41, 5.74) is 5.39. The minimum absolute atomic E-state index is 0.0958. The van der Waals surface area contributed by atoms with E-state index in [9.17, 15) is 9.59 Å². The van der Waals surface area contributed by atoms with Gasteiger partial charge in [0.15, 0.2) is 0 Å². The summed E-state index contributed by atoms with van der Waals surface area (Å²) in [6.07, 6.45) is 6.74. The van der Waals surface area contributed by atoms with E-state index in [1.165, 1.54) is 18.2 Å². The number of benzene rings is 2. The SMILES string of the molecule is Cc1ccc(COc2ccc(C=NNC(=O)C(=O)NC3CCCCC3)cc2)cc1. The number of amides is 2. The molecule has 1 fully saturated rings. The Balaban J connectivity index is 1.42. The van der Waals surface area contributed by atoms with Gasteiger partial charge in [0.1, 0.15) is 12.4 Å². The van der Waals surface area contributed by atoms with Crippen LogP contribution in [-0.4, -0.2) is 24.1 Å². The second-order valence-corrected chi connectivity index (χ2v) is 7.35. The van der Waals surface area contributed by atoms with E-state index in [2.05, 4.69) is 34.9 Å². The molecular formula is C23H27N3O3. The summed E-state index contributed by atoms with van der Waals surface area (Å²) in [5.74, 6) is -0.627. The Hall–Kier alpha value is -3.15. The van der Waals surface area contributed by atoms with Gasteiger partial charge >= 0.3 is 11.8 Å². The lowest BCUT2D eigenvalue weighted by atomic mass is 9.95. The van der Waals surface area contributed by atoms with Crippen LogP contribution >= 0.6 is 0 Å². The average molecular weight is 393 g/mol. The fraction of sp³-hybridized carbons (Fsp3) is 0.348. The van der Waals surface area contributed by atoms with Crippen molar-refractivity contribution in [3.05, 3.63) is 65.2 Å². The van der Waals surface area contributed by atoms with E-state index in [1.54, 1.807) is 0 Å². The first-order chi connectivity index (χ1) is 14.1. The molecule has 6 heteroatoms. The molecule has 0 saturated heterocycles. The van der Waals surface area contributed by atoms with E-state index >= 15 is 0 Å². The molecule has 3 rings (SSSR count). The largest absolute Gasteiger partial charge is 0.489 e. The van der Waals surface area contributed by atoms with E-state index in [0.717, 1.165) is 42.6 Å². The highest BCUT2D eigenvalue weighted by Crippen LogP contribution is 2.17. The molecule has 1 saturated carbocycles. The van der Waals surface area contributed by atoms with Crippen LogP contribution in [0.15, 0.2) is 53.6 Å². The van der Waals surface area contributed by atoms with Crippen molar-refractivity contribution in [3.8, 4) is 5.75 Å². The Morgan fingerprint density at radius 3 is 2.38 bits per heavy atom. The average Bonchev–Trinajstić information content (AvgIpc) is 2.75. The fourth-order valence-electron chi connectivity index (χ4n) is 3.22. The summed E-state index contributed by atoms with van der Waals surface area (Å²) in [6, 6.07) is 15.7. The first kappa shape index (κ1) is 20.6. The van der Waals surface area contributed by atoms with Gasteiger partial charge < -0.3 is 10.1 Å². The van der Waals surface area contributed by atoms with Gasteiger partial charge in [0.25, 0.3) is 0 Å². The van der Waals surface area contributed by atoms with Crippen molar-refractivity contribution < 1.29 is 14.3 Å². The topological polar surface area (TPSA) is 79.8 Å². The Labute approximate surface area is 171 Å². The molecule has 1 aliphatic rings. The third-order valence-corrected chi connectivity index (χ3v) is 4.93. The molecule has 0 heterocycles. The van der Waals surface area contributed by atoms with Crippen molar-refractivity contribution in [2.24, 2.45) is 5.10 Å². The Morgan fingerprint density at radius 2 is 1.69 bits per heavy atom. The van der Waals surface area contributed by atoms with Crippen molar-refractivity contribution in [1.82, 2.24) is 10.7 Å². The molecule has 0 radical (unpaired) electrons. The molecule has 2 N–H and O–H groups in total. The standard InChI is InChI=1S/C23H27N3O3/c1-17-7-9-19(10-8-17)16-29-21-13-11-18(12-14-21)15-24-26-23(28)22(27)25-20-5-3-2-4-6-20/h7-15,20H,2-6,16H2,1H3,(H,25,27)(H,26,28). The molecule has 0 aliphatic heterocycles. The molecule has 1 aliphatic carbocycles. The highest BCUT2D eigenvalue weighted by molar-refractivity contribution is 6.35. The highest BCUT2D eigenvalue weighted by atomic mass is 16.5. The number of hydrogen-bond acceptors (Lipinski definition) is 4. The van der Waals surface area contributed by atoms with Gasteiger partial charge in [-0.2, -0.15) is 5.10 Å². The maximum Gasteiger partial charge on any atom is 0.329 e. The predicted molar refractivity (Wildman–Crippen MR) is 113 cm³/mol. The third-order valence-electron chi connectivity index (χ3n) is 4.93. The maximum atomic E-state index is 11.9. The van der Waals surface area contributed by atoms with Gasteiger partial charge in [0.2, 0.25) is 0 Å². The van der Waals surface area contributed by atoms with Crippen LogP contribution in [0.2, 0.25) is 0 Å². The van der Waals surface area contributed by atoms with Crippen LogP contribution in [0.4, 0.5) is 0 Å². The number of nitrogens with one attached hydrogen (secondary N) is 2. The number of ether oxygens (including phenoxy) is 1. The third kappa shape index (κ3) is 6.75. The number of hydrazone groups is 1. The molecule has 0 atom stereocenters. The van der Waals surface area contributed by atoms with Gasteiger partial charge in [-0.3, -0.25) is 9.59 Å². The van der Waals surface area contributed by atoms with Crippen LogP contribution < -0.4 is 15.5 Å². The lowest BCUT2D eigenvalue weighted by Crippen LogP contribution is -2.44. The number of rotatable bonds is 6. The van der Waals surface area contributed by atoms with E-state index in [1.807, 2.05) is 36.4 Å². The lowest BCUT2D eigenvalue weighted by Gasteiger charge is -2.22. The van der Waals surface area contributed by atoms with Gasteiger partial charge in [0, 0.05) is 6.04 Å². The molecule has 152 valence electrons.